The Morgan fingerprint density at radius 2 is 1.94 bits per heavy atom. The normalized spacial score (nSPS) is 12.3. The van der Waals surface area contributed by atoms with Crippen molar-refractivity contribution in [1.82, 2.24) is 0 Å². The van der Waals surface area contributed by atoms with Gasteiger partial charge in [0.2, 0.25) is 0 Å². The Kier molecular flexibility index (Phi) is 2.87. The van der Waals surface area contributed by atoms with Crippen LogP contribution in [0.1, 0.15) is 6.92 Å². The van der Waals surface area contributed by atoms with Gasteiger partial charge in [0.15, 0.2) is 0 Å². The molecule has 0 fully saturated rings. The second-order valence-electron chi connectivity index (χ2n) is 3.89. The molecule has 4 heteroatoms. The smallest absolute Gasteiger partial charge is 0.325 e. The molecule has 0 saturated carbocycles. The number of carboxylic acids is 1. The molecule has 2 aromatic carbocycles. The van der Waals surface area contributed by atoms with Gasteiger partial charge in [-0.3, -0.25) is 4.79 Å². The Morgan fingerprint density at radius 1 is 1.24 bits per heavy atom. The molecule has 0 amide bonds. The van der Waals surface area contributed by atoms with E-state index in [1.165, 1.54) is 6.92 Å². The van der Waals surface area contributed by atoms with Crippen LogP contribution in [0.4, 0.5) is 5.69 Å². The second-order valence-corrected chi connectivity index (χ2v) is 3.89. The lowest BCUT2D eigenvalue weighted by Crippen LogP contribution is -2.25. The predicted molar refractivity (Wildman–Crippen MR) is 66.3 cm³/mol. The summed E-state index contributed by atoms with van der Waals surface area (Å²) >= 11 is 0. The van der Waals surface area contributed by atoms with E-state index in [1.807, 2.05) is 24.3 Å². The minimum atomic E-state index is -0.961. The van der Waals surface area contributed by atoms with Crippen molar-refractivity contribution in [3.05, 3.63) is 36.4 Å². The van der Waals surface area contributed by atoms with E-state index in [0.717, 1.165) is 5.39 Å². The molecule has 0 spiro atoms. The summed E-state index contributed by atoms with van der Waals surface area (Å²) in [6, 6.07) is 10.2. The molecule has 0 aliphatic carbocycles. The molecule has 2 rings (SSSR count). The molecule has 0 aromatic heterocycles. The number of rotatable bonds is 3. The van der Waals surface area contributed by atoms with Gasteiger partial charge in [-0.2, -0.15) is 0 Å². The number of nitrogens with one attached hydrogen (secondary N) is 1. The van der Waals surface area contributed by atoms with Crippen molar-refractivity contribution in [2.75, 3.05) is 5.32 Å². The summed E-state index contributed by atoms with van der Waals surface area (Å²) in [7, 11) is 0. The zero-order valence-electron chi connectivity index (χ0n) is 9.34. The van der Waals surface area contributed by atoms with Crippen LogP contribution in [0.15, 0.2) is 36.4 Å². The van der Waals surface area contributed by atoms with Crippen molar-refractivity contribution in [3.8, 4) is 5.75 Å². The lowest BCUT2D eigenvalue weighted by atomic mass is 10.1. The number of carboxylic acid groups (broad SMARTS) is 1. The fourth-order valence-electron chi connectivity index (χ4n) is 1.67. The van der Waals surface area contributed by atoms with Gasteiger partial charge in [0.25, 0.3) is 0 Å². The summed E-state index contributed by atoms with van der Waals surface area (Å²) in [4.78, 5) is 10.7. The monoisotopic (exact) mass is 231 g/mol. The van der Waals surface area contributed by atoms with Crippen LogP contribution >= 0.6 is 0 Å². The topological polar surface area (TPSA) is 69.6 Å². The van der Waals surface area contributed by atoms with Gasteiger partial charge in [-0.05, 0) is 18.4 Å². The molecule has 2 aromatic rings. The van der Waals surface area contributed by atoms with Crippen LogP contribution < -0.4 is 5.32 Å². The summed E-state index contributed by atoms with van der Waals surface area (Å²) < 4.78 is 0. The standard InChI is InChI=1S/C13H13NO3/c1-8(13(16)17)14-11-7-6-9-4-2-3-5-10(9)12(11)15/h2-8,14-15H,1H3,(H,16,17)/t8-/m0/s1. The summed E-state index contributed by atoms with van der Waals surface area (Å²) in [6.45, 7) is 1.52. The number of aliphatic carboxylic acids is 1. The Labute approximate surface area is 98.5 Å². The van der Waals surface area contributed by atoms with E-state index in [-0.39, 0.29) is 5.75 Å². The number of carbonyl (C=O) groups is 1. The summed E-state index contributed by atoms with van der Waals surface area (Å²) in [6.07, 6.45) is 0. The van der Waals surface area contributed by atoms with Gasteiger partial charge < -0.3 is 15.5 Å². The van der Waals surface area contributed by atoms with Crippen molar-refractivity contribution in [3.63, 3.8) is 0 Å². The minimum Gasteiger partial charge on any atom is -0.505 e. The van der Waals surface area contributed by atoms with Gasteiger partial charge in [0, 0.05) is 5.39 Å². The SMILES string of the molecule is C[C@H](Nc1ccc2ccccc2c1O)C(=O)O. The molecule has 17 heavy (non-hydrogen) atoms. The second kappa shape index (κ2) is 4.33. The summed E-state index contributed by atoms with van der Waals surface area (Å²) in [5.41, 5.74) is 0.429. The molecule has 0 radical (unpaired) electrons. The molecule has 0 heterocycles. The third-order valence-corrected chi connectivity index (χ3v) is 2.64. The maximum atomic E-state index is 10.7. The van der Waals surface area contributed by atoms with E-state index in [9.17, 15) is 9.90 Å². The van der Waals surface area contributed by atoms with Crippen LogP contribution in [0.2, 0.25) is 0 Å². The first kappa shape index (κ1) is 11.3. The number of hydrogen-bond donors (Lipinski definition) is 3. The maximum absolute atomic E-state index is 10.7. The van der Waals surface area contributed by atoms with Crippen LogP contribution in [0.25, 0.3) is 10.8 Å². The van der Waals surface area contributed by atoms with E-state index in [4.69, 9.17) is 5.11 Å². The van der Waals surface area contributed by atoms with Crippen molar-refractivity contribution in [1.29, 1.82) is 0 Å². The van der Waals surface area contributed by atoms with Gasteiger partial charge in [0.1, 0.15) is 11.8 Å². The van der Waals surface area contributed by atoms with Gasteiger partial charge in [-0.15, -0.1) is 0 Å². The highest BCUT2D eigenvalue weighted by atomic mass is 16.4. The highest BCUT2D eigenvalue weighted by Gasteiger charge is 2.13. The Hall–Kier alpha value is -2.23. The summed E-state index contributed by atoms with van der Waals surface area (Å²) in [5, 5.41) is 23.2. The molecule has 0 aliphatic heterocycles. The lowest BCUT2D eigenvalue weighted by Gasteiger charge is -2.13. The quantitative estimate of drug-likeness (QED) is 0.709. The number of aromatic hydroxyl groups is 1. The van der Waals surface area contributed by atoms with Crippen LogP contribution in [0.3, 0.4) is 0 Å². The van der Waals surface area contributed by atoms with Crippen molar-refractivity contribution < 1.29 is 15.0 Å². The Balaban J connectivity index is 2.42. The molecule has 88 valence electrons. The Bertz CT molecular complexity index is 566. The molecular formula is C13H13NO3. The van der Waals surface area contributed by atoms with E-state index in [1.54, 1.807) is 12.1 Å². The molecule has 0 bridgehead atoms. The van der Waals surface area contributed by atoms with Gasteiger partial charge in [0.05, 0.1) is 5.69 Å². The first-order valence-electron chi connectivity index (χ1n) is 5.29. The van der Waals surface area contributed by atoms with Crippen molar-refractivity contribution in [2.24, 2.45) is 0 Å². The highest BCUT2D eigenvalue weighted by Crippen LogP contribution is 2.32. The molecule has 1 atom stereocenters. The maximum Gasteiger partial charge on any atom is 0.325 e. The van der Waals surface area contributed by atoms with Crippen molar-refractivity contribution >= 4 is 22.4 Å². The first-order valence-corrected chi connectivity index (χ1v) is 5.29. The van der Waals surface area contributed by atoms with E-state index in [0.29, 0.717) is 11.1 Å². The van der Waals surface area contributed by atoms with Crippen molar-refractivity contribution in [2.45, 2.75) is 13.0 Å². The van der Waals surface area contributed by atoms with Crippen LogP contribution in [-0.4, -0.2) is 22.2 Å². The molecule has 0 saturated heterocycles. The van der Waals surface area contributed by atoms with Crippen LogP contribution in [0.5, 0.6) is 5.75 Å². The summed E-state index contributed by atoms with van der Waals surface area (Å²) in [5.74, 6) is -0.881. The average molecular weight is 231 g/mol. The number of phenolic OH excluding ortho intramolecular Hbond substituents is 1. The van der Waals surface area contributed by atoms with E-state index >= 15 is 0 Å². The number of anilines is 1. The zero-order valence-corrected chi connectivity index (χ0v) is 9.34. The molecule has 0 unspecified atom stereocenters. The number of benzene rings is 2. The van der Waals surface area contributed by atoms with E-state index < -0.39 is 12.0 Å². The van der Waals surface area contributed by atoms with Crippen LogP contribution in [-0.2, 0) is 4.79 Å². The van der Waals surface area contributed by atoms with Gasteiger partial charge in [-0.1, -0.05) is 30.3 Å². The third kappa shape index (κ3) is 2.15. The zero-order chi connectivity index (χ0) is 12.4. The fourth-order valence-corrected chi connectivity index (χ4v) is 1.67. The van der Waals surface area contributed by atoms with Crippen LogP contribution in [0, 0.1) is 0 Å². The molecule has 3 N–H and O–H groups in total. The highest BCUT2D eigenvalue weighted by molar-refractivity contribution is 5.93. The molecule has 4 nitrogen and oxygen atoms in total. The van der Waals surface area contributed by atoms with Gasteiger partial charge >= 0.3 is 5.97 Å². The third-order valence-electron chi connectivity index (χ3n) is 2.64. The Morgan fingerprint density at radius 3 is 2.65 bits per heavy atom. The average Bonchev–Trinajstić information content (AvgIpc) is 2.33. The molecular weight excluding hydrogens is 218 g/mol. The number of phenols is 1. The number of fused-ring (bicyclic) bond motifs is 1. The molecule has 0 aliphatic rings. The minimum absolute atomic E-state index is 0.0798. The fraction of sp³-hybridized carbons (Fsp3) is 0.154. The predicted octanol–water partition coefficient (Wildman–Crippen LogP) is 2.43. The number of hydrogen-bond acceptors (Lipinski definition) is 3. The first-order chi connectivity index (χ1) is 8.09. The van der Waals surface area contributed by atoms with E-state index in [2.05, 4.69) is 5.32 Å². The largest absolute Gasteiger partial charge is 0.505 e. The lowest BCUT2D eigenvalue weighted by molar-refractivity contribution is -0.137. The van der Waals surface area contributed by atoms with Gasteiger partial charge in [-0.25, -0.2) is 0 Å².